The quantitative estimate of drug-likeness (QED) is 0.520. The van der Waals surface area contributed by atoms with Gasteiger partial charge in [-0.1, -0.05) is 18.2 Å². The third-order valence-corrected chi connectivity index (χ3v) is 2.91. The summed E-state index contributed by atoms with van der Waals surface area (Å²) in [6.07, 6.45) is 3.80. The van der Waals surface area contributed by atoms with E-state index in [4.69, 9.17) is 9.47 Å². The first-order valence-electron chi connectivity index (χ1n) is 6.81. The molecule has 0 spiro atoms. The van der Waals surface area contributed by atoms with E-state index in [1.54, 1.807) is 7.11 Å². The van der Waals surface area contributed by atoms with E-state index in [0.717, 1.165) is 38.3 Å². The molecular formula is C16H25NO2. The van der Waals surface area contributed by atoms with Gasteiger partial charge in [0.25, 0.3) is 0 Å². The molecule has 0 fully saturated rings. The second-order valence-corrected chi connectivity index (χ2v) is 4.60. The topological polar surface area (TPSA) is 30.5 Å². The number of nitrogens with one attached hydrogen (secondary N) is 1. The molecule has 3 heteroatoms. The standard InChI is InChI=1S/C16H25NO2/c1-4-5-11-19-12-10-17-14(2)13-15-6-8-16(18-3)9-7-15/h4,6-9,14,17H,1,5,10-13H2,2-3H3. The van der Waals surface area contributed by atoms with Crippen molar-refractivity contribution in [2.45, 2.75) is 25.8 Å². The van der Waals surface area contributed by atoms with E-state index in [-0.39, 0.29) is 0 Å². The van der Waals surface area contributed by atoms with Crippen LogP contribution in [0.25, 0.3) is 0 Å². The molecular weight excluding hydrogens is 238 g/mol. The van der Waals surface area contributed by atoms with Crippen LogP contribution in [0.1, 0.15) is 18.9 Å². The van der Waals surface area contributed by atoms with Crippen LogP contribution in [-0.4, -0.2) is 32.9 Å². The Bertz CT molecular complexity index is 348. The van der Waals surface area contributed by atoms with E-state index in [0.29, 0.717) is 6.04 Å². The van der Waals surface area contributed by atoms with Gasteiger partial charge in [0.15, 0.2) is 0 Å². The maximum Gasteiger partial charge on any atom is 0.118 e. The largest absolute Gasteiger partial charge is 0.497 e. The zero-order chi connectivity index (χ0) is 13.9. The number of ether oxygens (including phenoxy) is 2. The predicted molar refractivity (Wildman–Crippen MR) is 79.8 cm³/mol. The molecule has 106 valence electrons. The van der Waals surface area contributed by atoms with Crippen LogP contribution in [0.4, 0.5) is 0 Å². The summed E-state index contributed by atoms with van der Waals surface area (Å²) in [4.78, 5) is 0. The van der Waals surface area contributed by atoms with Crippen LogP contribution in [-0.2, 0) is 11.2 Å². The van der Waals surface area contributed by atoms with Gasteiger partial charge in [-0.2, -0.15) is 0 Å². The van der Waals surface area contributed by atoms with E-state index in [1.807, 2.05) is 18.2 Å². The molecule has 1 rings (SSSR count). The molecule has 1 unspecified atom stereocenters. The minimum atomic E-state index is 0.441. The van der Waals surface area contributed by atoms with Gasteiger partial charge in [-0.25, -0.2) is 0 Å². The Morgan fingerprint density at radius 3 is 2.63 bits per heavy atom. The van der Waals surface area contributed by atoms with Gasteiger partial charge in [0.1, 0.15) is 5.75 Å². The SMILES string of the molecule is C=CCCOCCNC(C)Cc1ccc(OC)cc1. The molecule has 0 amide bonds. The summed E-state index contributed by atoms with van der Waals surface area (Å²) in [5.41, 5.74) is 1.31. The van der Waals surface area contributed by atoms with Crippen molar-refractivity contribution in [3.63, 3.8) is 0 Å². The zero-order valence-corrected chi connectivity index (χ0v) is 12.0. The Balaban J connectivity index is 2.15. The molecule has 0 radical (unpaired) electrons. The summed E-state index contributed by atoms with van der Waals surface area (Å²) in [7, 11) is 1.69. The molecule has 0 heterocycles. The lowest BCUT2D eigenvalue weighted by atomic mass is 10.1. The highest BCUT2D eigenvalue weighted by molar-refractivity contribution is 5.27. The van der Waals surface area contributed by atoms with Crippen molar-refractivity contribution < 1.29 is 9.47 Å². The van der Waals surface area contributed by atoms with Crippen molar-refractivity contribution in [3.8, 4) is 5.75 Å². The first-order chi connectivity index (χ1) is 9.26. The van der Waals surface area contributed by atoms with Gasteiger partial charge < -0.3 is 14.8 Å². The molecule has 1 atom stereocenters. The number of methoxy groups -OCH3 is 1. The summed E-state index contributed by atoms with van der Waals surface area (Å²) < 4.78 is 10.6. The number of hydrogen-bond donors (Lipinski definition) is 1. The van der Waals surface area contributed by atoms with Crippen LogP contribution in [0.15, 0.2) is 36.9 Å². The van der Waals surface area contributed by atoms with Crippen LogP contribution < -0.4 is 10.1 Å². The molecule has 3 nitrogen and oxygen atoms in total. The van der Waals surface area contributed by atoms with Crippen molar-refractivity contribution >= 4 is 0 Å². The first kappa shape index (κ1) is 15.7. The van der Waals surface area contributed by atoms with Crippen LogP contribution >= 0.6 is 0 Å². The minimum Gasteiger partial charge on any atom is -0.497 e. The second kappa shape index (κ2) is 9.59. The van der Waals surface area contributed by atoms with Gasteiger partial charge in [0.2, 0.25) is 0 Å². The zero-order valence-electron chi connectivity index (χ0n) is 12.0. The average Bonchev–Trinajstić information content (AvgIpc) is 2.43. The molecule has 1 aromatic carbocycles. The van der Waals surface area contributed by atoms with Crippen molar-refractivity contribution in [2.24, 2.45) is 0 Å². The third-order valence-electron chi connectivity index (χ3n) is 2.91. The maximum absolute atomic E-state index is 5.45. The Labute approximate surface area is 116 Å². The van der Waals surface area contributed by atoms with E-state index in [9.17, 15) is 0 Å². The van der Waals surface area contributed by atoms with Gasteiger partial charge in [0.05, 0.1) is 20.3 Å². The predicted octanol–water partition coefficient (Wildman–Crippen LogP) is 2.81. The number of hydrogen-bond acceptors (Lipinski definition) is 3. The summed E-state index contributed by atoms with van der Waals surface area (Å²) in [5, 5.41) is 3.45. The Hall–Kier alpha value is -1.32. The molecule has 1 aromatic rings. The lowest BCUT2D eigenvalue weighted by molar-refractivity contribution is 0.138. The van der Waals surface area contributed by atoms with Crippen LogP contribution in [0.5, 0.6) is 5.75 Å². The highest BCUT2D eigenvalue weighted by Crippen LogP contribution is 2.12. The van der Waals surface area contributed by atoms with Crippen LogP contribution in [0.2, 0.25) is 0 Å². The Morgan fingerprint density at radius 2 is 2.00 bits per heavy atom. The molecule has 0 aliphatic carbocycles. The molecule has 0 saturated heterocycles. The fraction of sp³-hybridized carbons (Fsp3) is 0.500. The minimum absolute atomic E-state index is 0.441. The highest BCUT2D eigenvalue weighted by Gasteiger charge is 2.03. The number of benzene rings is 1. The summed E-state index contributed by atoms with van der Waals surface area (Å²) in [6.45, 7) is 8.25. The fourth-order valence-electron chi connectivity index (χ4n) is 1.83. The molecule has 0 aliphatic heterocycles. The van der Waals surface area contributed by atoms with E-state index in [1.165, 1.54) is 5.56 Å². The van der Waals surface area contributed by atoms with Gasteiger partial charge in [0, 0.05) is 12.6 Å². The molecule has 0 aliphatic rings. The van der Waals surface area contributed by atoms with Gasteiger partial charge in [-0.05, 0) is 37.5 Å². The lowest BCUT2D eigenvalue weighted by Crippen LogP contribution is -2.31. The number of rotatable bonds is 10. The van der Waals surface area contributed by atoms with Crippen molar-refractivity contribution in [3.05, 3.63) is 42.5 Å². The van der Waals surface area contributed by atoms with Crippen LogP contribution in [0, 0.1) is 0 Å². The molecule has 0 saturated carbocycles. The van der Waals surface area contributed by atoms with E-state index in [2.05, 4.69) is 31.0 Å². The summed E-state index contributed by atoms with van der Waals surface area (Å²) >= 11 is 0. The monoisotopic (exact) mass is 263 g/mol. The van der Waals surface area contributed by atoms with Crippen molar-refractivity contribution in [1.82, 2.24) is 5.32 Å². The van der Waals surface area contributed by atoms with Crippen molar-refractivity contribution in [2.75, 3.05) is 26.9 Å². The lowest BCUT2D eigenvalue weighted by Gasteiger charge is -2.14. The second-order valence-electron chi connectivity index (χ2n) is 4.60. The molecule has 0 aromatic heterocycles. The molecule has 19 heavy (non-hydrogen) atoms. The highest BCUT2D eigenvalue weighted by atomic mass is 16.5. The first-order valence-corrected chi connectivity index (χ1v) is 6.81. The van der Waals surface area contributed by atoms with Gasteiger partial charge >= 0.3 is 0 Å². The summed E-state index contributed by atoms with van der Waals surface area (Å²) in [6, 6.07) is 8.66. The molecule has 1 N–H and O–H groups in total. The van der Waals surface area contributed by atoms with E-state index < -0.39 is 0 Å². The average molecular weight is 263 g/mol. The normalized spacial score (nSPS) is 12.1. The van der Waals surface area contributed by atoms with Crippen molar-refractivity contribution in [1.29, 1.82) is 0 Å². The molecule has 0 bridgehead atoms. The smallest absolute Gasteiger partial charge is 0.118 e. The fourth-order valence-corrected chi connectivity index (χ4v) is 1.83. The Kier molecular flexibility index (Phi) is 7.94. The maximum atomic E-state index is 5.45. The van der Waals surface area contributed by atoms with Gasteiger partial charge in [-0.3, -0.25) is 0 Å². The van der Waals surface area contributed by atoms with Gasteiger partial charge in [-0.15, -0.1) is 6.58 Å². The van der Waals surface area contributed by atoms with E-state index >= 15 is 0 Å². The Morgan fingerprint density at radius 1 is 1.26 bits per heavy atom. The van der Waals surface area contributed by atoms with Crippen LogP contribution in [0.3, 0.4) is 0 Å². The third kappa shape index (κ3) is 6.99. The summed E-state index contributed by atoms with van der Waals surface area (Å²) in [5.74, 6) is 0.903.